The molecule has 0 amide bonds. The number of benzene rings is 3. The quantitative estimate of drug-likeness (QED) is 0.199. The summed E-state index contributed by atoms with van der Waals surface area (Å²) in [6.07, 6.45) is 5.81. The van der Waals surface area contributed by atoms with Crippen LogP contribution in [-0.2, 0) is 25.5 Å². The Balaban J connectivity index is 0.000000241. The van der Waals surface area contributed by atoms with Crippen LogP contribution in [-0.4, -0.2) is 21.0 Å². The molecule has 0 saturated carbocycles. The van der Waals surface area contributed by atoms with Gasteiger partial charge in [-0.25, -0.2) is 9.78 Å². The van der Waals surface area contributed by atoms with Gasteiger partial charge in [0.1, 0.15) is 5.69 Å². The Labute approximate surface area is 229 Å². The van der Waals surface area contributed by atoms with Crippen molar-refractivity contribution in [2.75, 3.05) is 0 Å². The van der Waals surface area contributed by atoms with Gasteiger partial charge in [-0.1, -0.05) is 85.7 Å². The maximum absolute atomic E-state index is 10.1. The smallest absolute Gasteiger partial charge is 0.354 e. The van der Waals surface area contributed by atoms with E-state index in [1.165, 1.54) is 51.0 Å². The number of carbonyl (C=O) groups is 1. The summed E-state index contributed by atoms with van der Waals surface area (Å²) in [7, 11) is 0. The first kappa shape index (κ1) is 24.8. The number of hydrogen-bond acceptors (Lipinski definition) is 3. The fraction of sp³-hybridized carbons (Fsp3) is 0.0938. The number of aromatic carboxylic acids is 1. The molecule has 2 aliphatic carbocycles. The minimum atomic E-state index is -0.990. The fourth-order valence-corrected chi connectivity index (χ4v) is 5.21. The summed E-state index contributed by atoms with van der Waals surface area (Å²) in [5.41, 5.74) is 11.1. The molecule has 5 heteroatoms. The third-order valence-corrected chi connectivity index (χ3v) is 7.01. The maximum Gasteiger partial charge on any atom is 0.354 e. The molecule has 7 rings (SSSR count). The van der Waals surface area contributed by atoms with Gasteiger partial charge in [0.15, 0.2) is 0 Å². The van der Waals surface area contributed by atoms with Gasteiger partial charge in [0.2, 0.25) is 0 Å². The van der Waals surface area contributed by atoms with Crippen LogP contribution in [0, 0.1) is 6.07 Å². The summed E-state index contributed by atoms with van der Waals surface area (Å²) >= 11 is 0. The van der Waals surface area contributed by atoms with E-state index in [4.69, 9.17) is 10.1 Å². The van der Waals surface area contributed by atoms with Crippen LogP contribution in [0.15, 0.2) is 85.1 Å². The Morgan fingerprint density at radius 2 is 1.65 bits per heavy atom. The number of carboxylic acids is 1. The number of fused-ring (bicyclic) bond motifs is 3. The molecule has 37 heavy (non-hydrogen) atoms. The third-order valence-electron chi connectivity index (χ3n) is 7.01. The van der Waals surface area contributed by atoms with Gasteiger partial charge >= 0.3 is 5.97 Å². The molecule has 5 aromatic rings. The molecular formula is C32H23IrN2O2-. The van der Waals surface area contributed by atoms with Crippen LogP contribution < -0.4 is 0 Å². The van der Waals surface area contributed by atoms with Gasteiger partial charge in [0, 0.05) is 31.7 Å². The van der Waals surface area contributed by atoms with E-state index in [0.717, 1.165) is 16.8 Å². The van der Waals surface area contributed by atoms with E-state index in [1.807, 2.05) is 0 Å². The summed E-state index contributed by atoms with van der Waals surface area (Å²) in [4.78, 5) is 18.7. The number of carboxylic acid groups (broad SMARTS) is 1. The molecule has 2 heterocycles. The van der Waals surface area contributed by atoms with Crippen molar-refractivity contribution in [3.63, 3.8) is 0 Å². The fourth-order valence-electron chi connectivity index (χ4n) is 5.21. The molecule has 0 atom stereocenters. The normalized spacial score (nSPS) is 13.2. The Morgan fingerprint density at radius 1 is 0.865 bits per heavy atom. The van der Waals surface area contributed by atoms with Crippen LogP contribution in [0.5, 0.6) is 0 Å². The second kappa shape index (κ2) is 9.51. The monoisotopic (exact) mass is 660 g/mol. The molecule has 0 aliphatic heterocycles. The van der Waals surface area contributed by atoms with E-state index in [2.05, 4.69) is 97.7 Å². The molecule has 4 nitrogen and oxygen atoms in total. The molecule has 0 fully saturated rings. The van der Waals surface area contributed by atoms with Gasteiger partial charge in [0.05, 0.1) is 5.52 Å². The topological polar surface area (TPSA) is 63.1 Å². The zero-order valence-electron chi connectivity index (χ0n) is 20.3. The summed E-state index contributed by atoms with van der Waals surface area (Å²) in [5, 5.41) is 9.58. The molecule has 0 bridgehead atoms. The van der Waals surface area contributed by atoms with E-state index in [-0.39, 0.29) is 31.2 Å². The van der Waals surface area contributed by atoms with Crippen LogP contribution in [0.3, 0.4) is 0 Å². The predicted molar refractivity (Wildman–Crippen MR) is 144 cm³/mol. The van der Waals surface area contributed by atoms with Gasteiger partial charge in [-0.2, -0.15) is 0 Å². The molecule has 1 N–H and O–H groups in total. The first-order chi connectivity index (χ1) is 17.4. The molecule has 0 saturated heterocycles. The molecule has 2 aliphatic rings. The van der Waals surface area contributed by atoms with Gasteiger partial charge in [-0.15, -0.1) is 29.3 Å². The van der Waals surface area contributed by atoms with Crippen LogP contribution in [0.2, 0.25) is 0 Å². The van der Waals surface area contributed by atoms with Gasteiger partial charge in [-0.05, 0) is 46.0 Å². The SMILES string of the molecule is CC1(C)c2ccccc2-c2c[c-]c(-c3cc4c5c(cccc5n3)C=C4)cc21.O=C(O)c1ccccn1.[Ir]. The van der Waals surface area contributed by atoms with E-state index < -0.39 is 5.97 Å². The van der Waals surface area contributed by atoms with E-state index in [1.54, 1.807) is 12.1 Å². The molecule has 2 aromatic heterocycles. The second-order valence-electron chi connectivity index (χ2n) is 9.54. The number of rotatable bonds is 2. The Bertz CT molecular complexity index is 1690. The Morgan fingerprint density at radius 3 is 2.41 bits per heavy atom. The first-order valence-electron chi connectivity index (χ1n) is 11.9. The van der Waals surface area contributed by atoms with Crippen molar-refractivity contribution in [2.24, 2.45) is 0 Å². The zero-order valence-corrected chi connectivity index (χ0v) is 22.7. The summed E-state index contributed by atoms with van der Waals surface area (Å²) in [5.74, 6) is -0.990. The zero-order chi connectivity index (χ0) is 24.9. The predicted octanol–water partition coefficient (Wildman–Crippen LogP) is 7.27. The van der Waals surface area contributed by atoms with E-state index in [9.17, 15) is 4.79 Å². The van der Waals surface area contributed by atoms with Crippen molar-refractivity contribution in [1.29, 1.82) is 0 Å². The summed E-state index contributed by atoms with van der Waals surface area (Å²) < 4.78 is 0. The van der Waals surface area contributed by atoms with Gasteiger partial charge < -0.3 is 5.11 Å². The number of hydrogen-bond donors (Lipinski definition) is 1. The first-order valence-corrected chi connectivity index (χ1v) is 11.9. The minimum Gasteiger partial charge on any atom is -0.477 e. The molecule has 1 radical (unpaired) electrons. The van der Waals surface area contributed by atoms with Crippen molar-refractivity contribution in [2.45, 2.75) is 19.3 Å². The van der Waals surface area contributed by atoms with Crippen molar-refractivity contribution < 1.29 is 30.0 Å². The summed E-state index contributed by atoms with van der Waals surface area (Å²) in [6.45, 7) is 4.62. The molecular weight excluding hydrogens is 637 g/mol. The van der Waals surface area contributed by atoms with Crippen LogP contribution in [0.25, 0.3) is 45.4 Å². The number of nitrogens with zero attached hydrogens (tertiary/aromatic N) is 2. The average Bonchev–Trinajstić information content (AvgIpc) is 3.42. The Kier molecular flexibility index (Phi) is 6.36. The Hall–Kier alpha value is -3.92. The third kappa shape index (κ3) is 4.21. The standard InChI is InChI=1S/C26H18N.C6H5NO2.Ir/c1-26(2)21-8-4-3-7-19(21)20-13-12-17(14-22(20)26)24-15-18-11-10-16-6-5-9-23(27-24)25(16)18;8-6(9)5-3-1-2-4-7-5;/h3-11,13-15H,1-2H3;1-4H,(H,8,9);/q-1;;. The molecule has 3 aromatic carbocycles. The van der Waals surface area contributed by atoms with Crippen LogP contribution in [0.4, 0.5) is 0 Å². The van der Waals surface area contributed by atoms with Crippen molar-refractivity contribution in [1.82, 2.24) is 9.97 Å². The minimum absolute atomic E-state index is 0. The van der Waals surface area contributed by atoms with Crippen molar-refractivity contribution >= 4 is 29.0 Å². The van der Waals surface area contributed by atoms with Crippen LogP contribution >= 0.6 is 0 Å². The van der Waals surface area contributed by atoms with Gasteiger partial charge in [0.25, 0.3) is 0 Å². The second-order valence-corrected chi connectivity index (χ2v) is 9.54. The molecule has 0 unspecified atom stereocenters. The number of aromatic nitrogens is 2. The summed E-state index contributed by atoms with van der Waals surface area (Å²) in [6, 6.07) is 30.0. The largest absolute Gasteiger partial charge is 0.477 e. The van der Waals surface area contributed by atoms with E-state index in [0.29, 0.717) is 0 Å². The average molecular weight is 660 g/mol. The maximum atomic E-state index is 10.1. The van der Waals surface area contributed by atoms with E-state index >= 15 is 0 Å². The molecule has 0 spiro atoms. The van der Waals surface area contributed by atoms with Crippen LogP contribution in [0.1, 0.15) is 46.6 Å². The van der Waals surface area contributed by atoms with Crippen molar-refractivity contribution in [3.05, 3.63) is 119 Å². The molecule has 183 valence electrons. The van der Waals surface area contributed by atoms with Gasteiger partial charge in [-0.3, -0.25) is 4.98 Å². The van der Waals surface area contributed by atoms with Crippen molar-refractivity contribution in [3.8, 4) is 22.4 Å². The number of pyridine rings is 2.